The van der Waals surface area contributed by atoms with Crippen molar-refractivity contribution in [3.63, 3.8) is 0 Å². The van der Waals surface area contributed by atoms with Crippen LogP contribution in [0.4, 0.5) is 0 Å². The molecule has 0 fully saturated rings. The highest BCUT2D eigenvalue weighted by Crippen LogP contribution is 2.38. The van der Waals surface area contributed by atoms with E-state index in [-0.39, 0.29) is 0 Å². The Hall–Kier alpha value is -6.98. The van der Waals surface area contributed by atoms with E-state index in [1.807, 2.05) is 11.3 Å². The Morgan fingerprint density at radius 3 is 1.48 bits per heavy atom. The van der Waals surface area contributed by atoms with Crippen LogP contribution < -0.4 is 20.7 Å². The van der Waals surface area contributed by atoms with Crippen molar-refractivity contribution in [3.05, 3.63) is 218 Å². The number of benzene rings is 9. The van der Waals surface area contributed by atoms with E-state index in [0.29, 0.717) is 0 Å². The average Bonchev–Trinajstić information content (AvgIpc) is 3.95. The molecule has 9 aromatic carbocycles. The van der Waals surface area contributed by atoms with Crippen molar-refractivity contribution < 1.29 is 0 Å². The van der Waals surface area contributed by atoms with Gasteiger partial charge in [-0.15, -0.1) is 11.3 Å². The molecule has 0 spiro atoms. The second kappa shape index (κ2) is 13.0. The molecule has 0 bridgehead atoms. The first-order valence-electron chi connectivity index (χ1n) is 19.9. The summed E-state index contributed by atoms with van der Waals surface area (Å²) in [6.07, 6.45) is 0. The largest absolute Gasteiger partial charge is 0.309 e. The maximum Gasteiger partial charge on any atom is 0.181 e. The number of nitrogens with zero attached hydrogens (tertiary/aromatic N) is 2. The molecule has 0 N–H and O–H groups in total. The molecule has 3 heterocycles. The molecule has 0 aliphatic carbocycles. The zero-order valence-electron chi connectivity index (χ0n) is 31.6. The van der Waals surface area contributed by atoms with Gasteiger partial charge in [0.2, 0.25) is 0 Å². The zero-order valence-corrected chi connectivity index (χ0v) is 33.4. The smallest absolute Gasteiger partial charge is 0.181 e. The summed E-state index contributed by atoms with van der Waals surface area (Å²) in [7, 11) is -2.90. The molecule has 272 valence electrons. The van der Waals surface area contributed by atoms with Crippen LogP contribution in [-0.4, -0.2) is 17.2 Å². The summed E-state index contributed by atoms with van der Waals surface area (Å²) >= 11 is 1.94. The molecular weight excluding hydrogens is 737 g/mol. The molecule has 0 saturated carbocycles. The van der Waals surface area contributed by atoms with Crippen LogP contribution in [0.2, 0.25) is 0 Å². The highest BCUT2D eigenvalue weighted by atomic mass is 32.1. The van der Waals surface area contributed by atoms with E-state index >= 15 is 0 Å². The minimum absolute atomic E-state index is 1.16. The fraction of sp³-hybridized carbons (Fsp3) is 0. The van der Waals surface area contributed by atoms with Gasteiger partial charge >= 0.3 is 0 Å². The van der Waals surface area contributed by atoms with Gasteiger partial charge in [0.1, 0.15) is 0 Å². The predicted octanol–water partition coefficient (Wildman–Crippen LogP) is 11.6. The van der Waals surface area contributed by atoms with Gasteiger partial charge in [0.15, 0.2) is 8.07 Å². The predicted molar refractivity (Wildman–Crippen MR) is 252 cm³/mol. The molecule has 58 heavy (non-hydrogen) atoms. The third-order valence-corrected chi connectivity index (χ3v) is 18.5. The minimum atomic E-state index is -2.90. The summed E-state index contributed by atoms with van der Waals surface area (Å²) in [4.78, 5) is 0. The van der Waals surface area contributed by atoms with Crippen LogP contribution in [0.3, 0.4) is 0 Å². The summed E-state index contributed by atoms with van der Waals surface area (Å²) in [6, 6.07) is 81.5. The van der Waals surface area contributed by atoms with Gasteiger partial charge in [-0.3, -0.25) is 0 Å². The van der Waals surface area contributed by atoms with Gasteiger partial charge in [-0.05, 0) is 75.3 Å². The minimum Gasteiger partial charge on any atom is -0.309 e. The van der Waals surface area contributed by atoms with Gasteiger partial charge in [0, 0.05) is 53.1 Å². The van der Waals surface area contributed by atoms with Crippen molar-refractivity contribution in [1.82, 2.24) is 9.13 Å². The number of hydrogen-bond donors (Lipinski definition) is 0. The molecule has 0 saturated heterocycles. The number of para-hydroxylation sites is 3. The Bertz CT molecular complexity index is 3470. The summed E-state index contributed by atoms with van der Waals surface area (Å²) in [6.45, 7) is 0. The highest BCUT2D eigenvalue weighted by Gasteiger charge is 2.43. The van der Waals surface area contributed by atoms with Gasteiger partial charge in [-0.2, -0.15) is 0 Å². The van der Waals surface area contributed by atoms with Crippen LogP contribution >= 0.6 is 11.3 Å². The first kappa shape index (κ1) is 33.2. The van der Waals surface area contributed by atoms with Crippen molar-refractivity contribution in [2.75, 3.05) is 0 Å². The molecule has 12 rings (SSSR count). The third-order valence-electron chi connectivity index (χ3n) is 12.3. The fourth-order valence-corrected chi connectivity index (χ4v) is 16.4. The SMILES string of the molecule is c1ccc(-n2c3ccccc3c3cc(-n4c5ccccc5c5cc([Si](c6ccccc6)(c6ccccc6)c6cccc7c6sc6ccccc67)ccc54)ccc32)cc1. The molecule has 0 atom stereocenters. The van der Waals surface area contributed by atoms with Crippen molar-refractivity contribution >= 4 is 104 Å². The normalized spacial score (nSPS) is 12.1. The van der Waals surface area contributed by atoms with Crippen LogP contribution in [0.25, 0.3) is 75.2 Å². The third kappa shape index (κ3) is 4.76. The van der Waals surface area contributed by atoms with Crippen LogP contribution in [0.1, 0.15) is 0 Å². The van der Waals surface area contributed by atoms with Gasteiger partial charge in [0.05, 0.1) is 22.1 Å². The first-order chi connectivity index (χ1) is 28.8. The van der Waals surface area contributed by atoms with Crippen LogP contribution in [0.5, 0.6) is 0 Å². The molecule has 3 aromatic heterocycles. The van der Waals surface area contributed by atoms with E-state index in [1.54, 1.807) is 0 Å². The molecular formula is C54H36N2SSi. The quantitative estimate of drug-likeness (QED) is 0.118. The molecule has 4 heteroatoms. The molecule has 0 amide bonds. The molecule has 0 aliphatic rings. The Labute approximate surface area is 341 Å². The fourth-order valence-electron chi connectivity index (χ4n) is 9.82. The summed E-state index contributed by atoms with van der Waals surface area (Å²) in [5, 5.41) is 13.3. The van der Waals surface area contributed by atoms with Gasteiger partial charge in [-0.1, -0.05) is 164 Å². The van der Waals surface area contributed by atoms with Gasteiger partial charge in [0.25, 0.3) is 0 Å². The number of rotatable bonds is 6. The second-order valence-corrected chi connectivity index (χ2v) is 20.1. The van der Waals surface area contributed by atoms with Crippen LogP contribution in [0.15, 0.2) is 218 Å². The van der Waals surface area contributed by atoms with E-state index in [2.05, 4.69) is 228 Å². The van der Waals surface area contributed by atoms with E-state index in [0.717, 1.165) is 5.69 Å². The van der Waals surface area contributed by atoms with Gasteiger partial charge < -0.3 is 9.13 Å². The Morgan fingerprint density at radius 1 is 0.310 bits per heavy atom. The standard InChI is InChI=1S/C54H36N2SSi/c1-4-17-37(18-5-1)55-48-27-13-10-23-42(48)46-35-38(31-33-50(46)55)56-49-28-14-11-24-43(49)47-36-41(32-34-51(47)56)58(39-19-6-2-7-20-39,40-21-8-3-9-22-40)53-30-16-26-45-44-25-12-15-29-52(44)57-54(45)53/h1-36H. The maximum absolute atomic E-state index is 2.90. The van der Waals surface area contributed by atoms with Crippen molar-refractivity contribution in [2.45, 2.75) is 0 Å². The van der Waals surface area contributed by atoms with Crippen molar-refractivity contribution in [2.24, 2.45) is 0 Å². The summed E-state index contributed by atoms with van der Waals surface area (Å²) < 4.78 is 7.58. The zero-order chi connectivity index (χ0) is 38.2. The summed E-state index contributed by atoms with van der Waals surface area (Å²) in [5.74, 6) is 0. The lowest BCUT2D eigenvalue weighted by molar-refractivity contribution is 1.17. The number of aromatic nitrogens is 2. The molecule has 0 aliphatic heterocycles. The lowest BCUT2D eigenvalue weighted by Crippen LogP contribution is -2.74. The topological polar surface area (TPSA) is 9.86 Å². The average molecular weight is 773 g/mol. The molecule has 12 aromatic rings. The number of hydrogen-bond acceptors (Lipinski definition) is 1. The van der Waals surface area contributed by atoms with E-state index in [1.165, 1.54) is 90.2 Å². The molecule has 0 radical (unpaired) electrons. The number of fused-ring (bicyclic) bond motifs is 9. The van der Waals surface area contributed by atoms with E-state index in [9.17, 15) is 0 Å². The summed E-state index contributed by atoms with van der Waals surface area (Å²) in [5.41, 5.74) is 7.16. The molecule has 0 unspecified atom stereocenters. The highest BCUT2D eigenvalue weighted by molar-refractivity contribution is 7.30. The van der Waals surface area contributed by atoms with Crippen LogP contribution in [0, 0.1) is 0 Å². The van der Waals surface area contributed by atoms with Crippen molar-refractivity contribution in [1.29, 1.82) is 0 Å². The Balaban J connectivity index is 1.15. The number of thiophene rings is 1. The second-order valence-electron chi connectivity index (χ2n) is 15.2. The monoisotopic (exact) mass is 772 g/mol. The van der Waals surface area contributed by atoms with Crippen molar-refractivity contribution in [3.8, 4) is 11.4 Å². The molecule has 2 nitrogen and oxygen atoms in total. The van der Waals surface area contributed by atoms with Gasteiger partial charge in [-0.25, -0.2) is 0 Å². The van der Waals surface area contributed by atoms with E-state index < -0.39 is 8.07 Å². The lowest BCUT2D eigenvalue weighted by atomic mass is 10.1. The first-order valence-corrected chi connectivity index (χ1v) is 22.8. The Kier molecular flexibility index (Phi) is 7.46. The Morgan fingerprint density at radius 2 is 0.810 bits per heavy atom. The lowest BCUT2D eigenvalue weighted by Gasteiger charge is -2.35. The van der Waals surface area contributed by atoms with E-state index in [4.69, 9.17) is 0 Å². The maximum atomic E-state index is 2.55. The van der Waals surface area contributed by atoms with Crippen LogP contribution in [-0.2, 0) is 0 Å².